The molecule has 1 aromatic rings. The zero-order valence-electron chi connectivity index (χ0n) is 11.4. The van der Waals surface area contributed by atoms with E-state index in [-0.39, 0.29) is 0 Å². The number of aromatic nitrogens is 1. The summed E-state index contributed by atoms with van der Waals surface area (Å²) in [5.41, 5.74) is 6.77. The Hall–Kier alpha value is -1.62. The van der Waals surface area contributed by atoms with Gasteiger partial charge in [0, 0.05) is 12.7 Å². The normalized spacial score (nSPS) is 19.1. The van der Waals surface area contributed by atoms with Crippen LogP contribution in [0, 0.1) is 12.8 Å². The minimum absolute atomic E-state index is 0.424. The van der Waals surface area contributed by atoms with Crippen molar-refractivity contribution in [1.29, 1.82) is 0 Å². The second-order valence-corrected chi connectivity index (χ2v) is 5.14. The van der Waals surface area contributed by atoms with Crippen LogP contribution in [0.15, 0.2) is 12.3 Å². The summed E-state index contributed by atoms with van der Waals surface area (Å²) in [4.78, 5) is 15.7. The van der Waals surface area contributed by atoms with Crippen LogP contribution in [0.4, 0.5) is 5.82 Å². The van der Waals surface area contributed by atoms with Gasteiger partial charge in [0.15, 0.2) is 0 Å². The number of amides is 1. The predicted octanol–water partition coefficient (Wildman–Crippen LogP) is 1.29. The molecule has 0 aliphatic carbocycles. The molecule has 1 aliphatic heterocycles. The molecule has 1 amide bonds. The minimum atomic E-state index is -0.424. The lowest BCUT2D eigenvalue weighted by atomic mass is 9.96. The monoisotopic (exact) mass is 262 g/mol. The first-order valence-electron chi connectivity index (χ1n) is 6.88. The zero-order chi connectivity index (χ0) is 13.7. The summed E-state index contributed by atoms with van der Waals surface area (Å²) in [5.74, 6) is 0.895. The van der Waals surface area contributed by atoms with Gasteiger partial charge in [-0.05, 0) is 56.8 Å². The van der Waals surface area contributed by atoms with Gasteiger partial charge < -0.3 is 16.4 Å². The topological polar surface area (TPSA) is 80.0 Å². The number of piperidine rings is 1. The van der Waals surface area contributed by atoms with E-state index in [4.69, 9.17) is 5.73 Å². The quantitative estimate of drug-likeness (QED) is 0.747. The van der Waals surface area contributed by atoms with E-state index in [1.165, 1.54) is 12.8 Å². The van der Waals surface area contributed by atoms with Crippen molar-refractivity contribution in [1.82, 2.24) is 10.3 Å². The Balaban J connectivity index is 1.92. The summed E-state index contributed by atoms with van der Waals surface area (Å²) in [6.07, 6.45) is 5.31. The van der Waals surface area contributed by atoms with Crippen molar-refractivity contribution in [3.63, 3.8) is 0 Å². The largest absolute Gasteiger partial charge is 0.369 e. The van der Waals surface area contributed by atoms with Crippen molar-refractivity contribution < 1.29 is 4.79 Å². The van der Waals surface area contributed by atoms with Gasteiger partial charge in [-0.2, -0.15) is 0 Å². The predicted molar refractivity (Wildman–Crippen MR) is 76.2 cm³/mol. The Bertz CT molecular complexity index is 441. The second kappa shape index (κ2) is 6.52. The first-order chi connectivity index (χ1) is 9.18. The Kier molecular flexibility index (Phi) is 4.74. The first kappa shape index (κ1) is 13.8. The number of carbonyl (C=O) groups excluding carboxylic acids is 1. The number of nitrogens with zero attached hydrogens (tertiary/aromatic N) is 1. The Morgan fingerprint density at radius 1 is 1.63 bits per heavy atom. The molecule has 1 aromatic heterocycles. The number of hydrogen-bond acceptors (Lipinski definition) is 4. The number of nitrogens with one attached hydrogen (secondary N) is 2. The lowest BCUT2D eigenvalue weighted by Gasteiger charge is -2.23. The smallest absolute Gasteiger partial charge is 0.252 e. The second-order valence-electron chi connectivity index (χ2n) is 5.14. The summed E-state index contributed by atoms with van der Waals surface area (Å²) in [5, 5.41) is 6.65. The molecule has 1 aliphatic rings. The molecule has 0 bridgehead atoms. The van der Waals surface area contributed by atoms with Crippen LogP contribution in [0.1, 0.15) is 35.2 Å². The fourth-order valence-electron chi connectivity index (χ4n) is 2.57. The minimum Gasteiger partial charge on any atom is -0.369 e. The number of primary amides is 1. The maximum Gasteiger partial charge on any atom is 0.252 e. The van der Waals surface area contributed by atoms with Gasteiger partial charge in [-0.3, -0.25) is 4.79 Å². The van der Waals surface area contributed by atoms with E-state index in [9.17, 15) is 4.79 Å². The highest BCUT2D eigenvalue weighted by molar-refractivity contribution is 5.98. The van der Waals surface area contributed by atoms with Crippen LogP contribution in [0.5, 0.6) is 0 Å². The van der Waals surface area contributed by atoms with Crippen LogP contribution in [-0.4, -0.2) is 30.5 Å². The molecule has 5 heteroatoms. The molecular weight excluding hydrogens is 240 g/mol. The van der Waals surface area contributed by atoms with Crippen molar-refractivity contribution in [3.05, 3.63) is 23.4 Å². The van der Waals surface area contributed by atoms with Crippen molar-refractivity contribution in [2.24, 2.45) is 11.7 Å². The number of pyridine rings is 1. The molecule has 2 rings (SSSR count). The molecule has 2 heterocycles. The van der Waals surface area contributed by atoms with E-state index in [2.05, 4.69) is 15.6 Å². The van der Waals surface area contributed by atoms with E-state index < -0.39 is 5.91 Å². The summed E-state index contributed by atoms with van der Waals surface area (Å²) in [7, 11) is 0. The van der Waals surface area contributed by atoms with Crippen molar-refractivity contribution in [3.8, 4) is 0 Å². The van der Waals surface area contributed by atoms with E-state index in [1.807, 2.05) is 6.92 Å². The van der Waals surface area contributed by atoms with Gasteiger partial charge >= 0.3 is 0 Å². The third kappa shape index (κ3) is 3.67. The highest BCUT2D eigenvalue weighted by Gasteiger charge is 2.14. The van der Waals surface area contributed by atoms with Gasteiger partial charge in [0.2, 0.25) is 0 Å². The maximum atomic E-state index is 11.4. The number of nitrogens with two attached hydrogens (primary N) is 1. The average Bonchev–Trinajstić information content (AvgIpc) is 2.39. The number of hydrogen-bond donors (Lipinski definition) is 3. The van der Waals surface area contributed by atoms with Crippen LogP contribution < -0.4 is 16.4 Å². The Morgan fingerprint density at radius 2 is 2.47 bits per heavy atom. The van der Waals surface area contributed by atoms with Gasteiger partial charge in [-0.25, -0.2) is 4.98 Å². The van der Waals surface area contributed by atoms with E-state index >= 15 is 0 Å². The average molecular weight is 262 g/mol. The van der Waals surface area contributed by atoms with Crippen molar-refractivity contribution in [2.75, 3.05) is 25.0 Å². The van der Waals surface area contributed by atoms with Crippen LogP contribution in [-0.2, 0) is 0 Å². The molecule has 0 spiro atoms. The maximum absolute atomic E-state index is 11.4. The molecule has 19 heavy (non-hydrogen) atoms. The number of anilines is 1. The van der Waals surface area contributed by atoms with E-state index in [0.29, 0.717) is 17.3 Å². The Labute approximate surface area is 114 Å². The van der Waals surface area contributed by atoms with Crippen molar-refractivity contribution >= 4 is 11.7 Å². The third-order valence-electron chi connectivity index (χ3n) is 3.65. The van der Waals surface area contributed by atoms with Gasteiger partial charge in [0.1, 0.15) is 5.82 Å². The molecule has 5 nitrogen and oxygen atoms in total. The van der Waals surface area contributed by atoms with E-state index in [0.717, 1.165) is 31.6 Å². The lowest BCUT2D eigenvalue weighted by Crippen LogP contribution is -2.31. The number of carbonyl (C=O) groups is 1. The van der Waals surface area contributed by atoms with Gasteiger partial charge in [0.25, 0.3) is 5.91 Å². The fourth-order valence-corrected chi connectivity index (χ4v) is 2.57. The van der Waals surface area contributed by atoms with Crippen LogP contribution in [0.3, 0.4) is 0 Å². The fraction of sp³-hybridized carbons (Fsp3) is 0.571. The standard InChI is InChI=1S/C14H22N4O/c1-10-4-7-17-14(12(10)13(15)19)18-8-5-11-3-2-6-16-9-11/h4,7,11,16H,2-3,5-6,8-9H2,1H3,(H2,15,19)(H,17,18). The summed E-state index contributed by atoms with van der Waals surface area (Å²) in [6.45, 7) is 4.92. The third-order valence-corrected chi connectivity index (χ3v) is 3.65. The molecule has 4 N–H and O–H groups in total. The SMILES string of the molecule is Cc1ccnc(NCCC2CCCNC2)c1C(N)=O. The van der Waals surface area contributed by atoms with Crippen LogP contribution in [0.25, 0.3) is 0 Å². The summed E-state index contributed by atoms with van der Waals surface area (Å²) < 4.78 is 0. The first-order valence-corrected chi connectivity index (χ1v) is 6.88. The molecule has 104 valence electrons. The van der Waals surface area contributed by atoms with Gasteiger partial charge in [-0.15, -0.1) is 0 Å². The molecular formula is C14H22N4O. The highest BCUT2D eigenvalue weighted by atomic mass is 16.1. The molecule has 1 saturated heterocycles. The zero-order valence-corrected chi connectivity index (χ0v) is 11.4. The Morgan fingerprint density at radius 3 is 3.16 bits per heavy atom. The lowest BCUT2D eigenvalue weighted by molar-refractivity contribution is 0.1000. The van der Waals surface area contributed by atoms with Gasteiger partial charge in [-0.1, -0.05) is 0 Å². The number of aryl methyl sites for hydroxylation is 1. The highest BCUT2D eigenvalue weighted by Crippen LogP contribution is 2.18. The molecule has 0 saturated carbocycles. The van der Waals surface area contributed by atoms with Crippen molar-refractivity contribution in [2.45, 2.75) is 26.2 Å². The van der Waals surface area contributed by atoms with Gasteiger partial charge in [0.05, 0.1) is 5.56 Å². The molecule has 1 atom stereocenters. The summed E-state index contributed by atoms with van der Waals surface area (Å²) in [6, 6.07) is 1.80. The molecule has 0 radical (unpaired) electrons. The molecule has 1 fully saturated rings. The summed E-state index contributed by atoms with van der Waals surface area (Å²) >= 11 is 0. The van der Waals surface area contributed by atoms with Crippen LogP contribution in [0.2, 0.25) is 0 Å². The molecule has 0 aromatic carbocycles. The number of rotatable bonds is 5. The molecule has 1 unspecified atom stereocenters. The van der Waals surface area contributed by atoms with Crippen LogP contribution >= 0.6 is 0 Å². The van der Waals surface area contributed by atoms with E-state index in [1.54, 1.807) is 12.3 Å².